The molecule has 0 saturated carbocycles. The van der Waals surface area contributed by atoms with Crippen LogP contribution in [-0.2, 0) is 6.54 Å². The number of methoxy groups -OCH3 is 1. The number of carbonyl (C=O) groups is 1. The normalized spacial score (nSPS) is 15.1. The number of amides is 1. The minimum Gasteiger partial charge on any atom is -0.508 e. The molecule has 2 heterocycles. The van der Waals surface area contributed by atoms with E-state index in [4.69, 9.17) is 4.74 Å². The summed E-state index contributed by atoms with van der Waals surface area (Å²) in [7, 11) is 1.61. The summed E-state index contributed by atoms with van der Waals surface area (Å²) < 4.78 is 18.6. The van der Waals surface area contributed by atoms with Crippen LogP contribution in [0.1, 0.15) is 33.2 Å². The van der Waals surface area contributed by atoms with Gasteiger partial charge in [-0.1, -0.05) is 24.3 Å². The van der Waals surface area contributed by atoms with Gasteiger partial charge in [0.1, 0.15) is 23.0 Å². The number of H-pyrrole nitrogens is 1. The van der Waals surface area contributed by atoms with Crippen molar-refractivity contribution in [1.29, 1.82) is 0 Å². The number of nitrogens with one attached hydrogen (secondary N) is 1. The Balaban J connectivity index is 1.61. The Bertz CT molecular complexity index is 1270. The van der Waals surface area contributed by atoms with Crippen LogP contribution in [0.15, 0.2) is 72.8 Å². The predicted octanol–water partition coefficient (Wildman–Crippen LogP) is 4.68. The van der Waals surface area contributed by atoms with Gasteiger partial charge in [-0.3, -0.25) is 9.89 Å². The molecule has 0 spiro atoms. The van der Waals surface area contributed by atoms with E-state index in [2.05, 4.69) is 10.2 Å². The first-order chi connectivity index (χ1) is 15.5. The lowest BCUT2D eigenvalue weighted by molar-refractivity contribution is 0.0730. The fourth-order valence-electron chi connectivity index (χ4n) is 4.12. The van der Waals surface area contributed by atoms with Crippen LogP contribution < -0.4 is 4.74 Å². The third-order valence-electron chi connectivity index (χ3n) is 5.70. The first-order valence-electron chi connectivity index (χ1n) is 10.1. The fraction of sp³-hybridized carbons (Fsp3) is 0.120. The molecule has 1 aliphatic rings. The quantitative estimate of drug-likeness (QED) is 0.483. The van der Waals surface area contributed by atoms with Crippen LogP contribution in [0.2, 0.25) is 0 Å². The second-order valence-electron chi connectivity index (χ2n) is 7.64. The van der Waals surface area contributed by atoms with E-state index in [1.54, 1.807) is 48.4 Å². The van der Waals surface area contributed by atoms with Gasteiger partial charge in [0, 0.05) is 17.7 Å². The SMILES string of the molecule is COc1ccc(-c2n[nH]c3c2C(c2ccc(O)cc2)N(Cc2ccc(F)cc2)C3=O)cc1. The summed E-state index contributed by atoms with van der Waals surface area (Å²) in [5.74, 6) is 0.360. The van der Waals surface area contributed by atoms with Crippen molar-refractivity contribution < 1.29 is 19.0 Å². The summed E-state index contributed by atoms with van der Waals surface area (Å²) in [5.41, 5.74) is 4.38. The van der Waals surface area contributed by atoms with Gasteiger partial charge in [0.15, 0.2) is 0 Å². The predicted molar refractivity (Wildman–Crippen MR) is 117 cm³/mol. The van der Waals surface area contributed by atoms with Crippen molar-refractivity contribution in [1.82, 2.24) is 15.1 Å². The van der Waals surface area contributed by atoms with Crippen LogP contribution in [0.4, 0.5) is 4.39 Å². The fourth-order valence-corrected chi connectivity index (χ4v) is 4.12. The molecule has 0 radical (unpaired) electrons. The van der Waals surface area contributed by atoms with E-state index >= 15 is 0 Å². The molecule has 160 valence electrons. The highest BCUT2D eigenvalue weighted by Gasteiger charge is 2.42. The lowest BCUT2D eigenvalue weighted by Gasteiger charge is -2.26. The maximum Gasteiger partial charge on any atom is 0.273 e. The smallest absolute Gasteiger partial charge is 0.273 e. The Hall–Kier alpha value is -4.13. The molecule has 1 atom stereocenters. The topological polar surface area (TPSA) is 78.5 Å². The van der Waals surface area contributed by atoms with Gasteiger partial charge < -0.3 is 14.7 Å². The summed E-state index contributed by atoms with van der Waals surface area (Å²) in [6, 6.07) is 20.0. The first-order valence-corrected chi connectivity index (χ1v) is 10.1. The molecule has 32 heavy (non-hydrogen) atoms. The molecule has 1 aromatic heterocycles. The number of halogens is 1. The lowest BCUT2D eigenvalue weighted by Crippen LogP contribution is -2.29. The number of ether oxygens (including phenoxy) is 1. The molecular formula is C25H20FN3O3. The number of aromatic nitrogens is 2. The van der Waals surface area contributed by atoms with Crippen LogP contribution in [0, 0.1) is 5.82 Å². The van der Waals surface area contributed by atoms with Gasteiger partial charge in [-0.05, 0) is 59.7 Å². The van der Waals surface area contributed by atoms with Crippen LogP contribution in [0.5, 0.6) is 11.5 Å². The average molecular weight is 429 g/mol. The second kappa shape index (κ2) is 7.85. The number of fused-ring (bicyclic) bond motifs is 1. The number of nitrogens with zero attached hydrogens (tertiary/aromatic N) is 2. The van der Waals surface area contributed by atoms with Gasteiger partial charge in [-0.25, -0.2) is 4.39 Å². The van der Waals surface area contributed by atoms with E-state index in [0.717, 1.165) is 28.0 Å². The Morgan fingerprint density at radius 2 is 1.72 bits per heavy atom. The summed E-state index contributed by atoms with van der Waals surface area (Å²) in [6.07, 6.45) is 0. The Labute approximate surface area is 183 Å². The molecule has 4 aromatic rings. The van der Waals surface area contributed by atoms with Gasteiger partial charge in [-0.2, -0.15) is 5.10 Å². The molecule has 1 amide bonds. The molecule has 6 nitrogen and oxygen atoms in total. The van der Waals surface area contributed by atoms with Crippen LogP contribution >= 0.6 is 0 Å². The number of rotatable bonds is 5. The highest BCUT2D eigenvalue weighted by molar-refractivity contribution is 6.00. The van der Waals surface area contributed by atoms with E-state index < -0.39 is 6.04 Å². The van der Waals surface area contributed by atoms with Crippen molar-refractivity contribution in [3.8, 4) is 22.8 Å². The van der Waals surface area contributed by atoms with Crippen molar-refractivity contribution in [3.05, 3.63) is 101 Å². The highest BCUT2D eigenvalue weighted by atomic mass is 19.1. The number of aromatic amines is 1. The molecular weight excluding hydrogens is 409 g/mol. The van der Waals surface area contributed by atoms with Gasteiger partial charge >= 0.3 is 0 Å². The highest BCUT2D eigenvalue weighted by Crippen LogP contribution is 2.43. The van der Waals surface area contributed by atoms with Crippen molar-refractivity contribution in [3.63, 3.8) is 0 Å². The summed E-state index contributed by atoms with van der Waals surface area (Å²) in [6.45, 7) is 0.301. The Morgan fingerprint density at radius 3 is 2.38 bits per heavy atom. The summed E-state index contributed by atoms with van der Waals surface area (Å²) in [5, 5.41) is 17.1. The Morgan fingerprint density at radius 1 is 1.03 bits per heavy atom. The molecule has 0 bridgehead atoms. The zero-order valence-corrected chi connectivity index (χ0v) is 17.2. The number of aromatic hydroxyl groups is 1. The van der Waals surface area contributed by atoms with Gasteiger partial charge in [0.2, 0.25) is 0 Å². The van der Waals surface area contributed by atoms with Gasteiger partial charge in [0.25, 0.3) is 5.91 Å². The van der Waals surface area contributed by atoms with Crippen molar-refractivity contribution >= 4 is 5.91 Å². The monoisotopic (exact) mass is 429 g/mol. The molecule has 7 heteroatoms. The second-order valence-corrected chi connectivity index (χ2v) is 7.64. The molecule has 2 N–H and O–H groups in total. The largest absolute Gasteiger partial charge is 0.508 e. The van der Waals surface area contributed by atoms with E-state index in [1.807, 2.05) is 24.3 Å². The lowest BCUT2D eigenvalue weighted by atomic mass is 9.95. The molecule has 1 aliphatic heterocycles. The van der Waals surface area contributed by atoms with Crippen molar-refractivity contribution in [2.24, 2.45) is 0 Å². The number of phenols is 1. The van der Waals surface area contributed by atoms with Gasteiger partial charge in [0.05, 0.1) is 18.8 Å². The molecule has 0 saturated heterocycles. The molecule has 0 aliphatic carbocycles. The van der Waals surface area contributed by atoms with Crippen LogP contribution in [0.25, 0.3) is 11.3 Å². The molecule has 0 fully saturated rings. The average Bonchev–Trinajstić information content (AvgIpc) is 3.35. The first kappa shape index (κ1) is 19.8. The number of phenolic OH excluding ortho intramolecular Hbond substituents is 1. The van der Waals surface area contributed by atoms with Crippen molar-refractivity contribution in [2.45, 2.75) is 12.6 Å². The van der Waals surface area contributed by atoms with E-state index in [-0.39, 0.29) is 17.5 Å². The minimum absolute atomic E-state index is 0.144. The summed E-state index contributed by atoms with van der Waals surface area (Å²) >= 11 is 0. The number of benzene rings is 3. The number of carbonyl (C=O) groups excluding carboxylic acids is 1. The molecule has 5 rings (SSSR count). The molecule has 1 unspecified atom stereocenters. The third kappa shape index (κ3) is 3.37. The maximum absolute atomic E-state index is 13.4. The zero-order chi connectivity index (χ0) is 22.2. The van der Waals surface area contributed by atoms with Crippen molar-refractivity contribution in [2.75, 3.05) is 7.11 Å². The van der Waals surface area contributed by atoms with E-state index in [1.165, 1.54) is 12.1 Å². The van der Waals surface area contributed by atoms with E-state index in [0.29, 0.717) is 17.9 Å². The number of hydrogen-bond acceptors (Lipinski definition) is 4. The summed E-state index contributed by atoms with van der Waals surface area (Å²) in [4.78, 5) is 15.1. The third-order valence-corrected chi connectivity index (χ3v) is 5.70. The standard InChI is InChI=1S/C25H20FN3O3/c1-32-20-12-6-16(7-13-20)22-21-23(28-27-22)25(31)29(14-15-2-8-18(26)9-3-15)24(21)17-4-10-19(30)11-5-17/h2-13,24,30H,14H2,1H3,(H,27,28). The van der Waals surface area contributed by atoms with E-state index in [9.17, 15) is 14.3 Å². The molecule has 3 aromatic carbocycles. The zero-order valence-electron chi connectivity index (χ0n) is 17.2. The van der Waals surface area contributed by atoms with Gasteiger partial charge in [-0.15, -0.1) is 0 Å². The maximum atomic E-state index is 13.4. The van der Waals surface area contributed by atoms with Crippen LogP contribution in [-0.4, -0.2) is 33.2 Å². The Kier molecular flexibility index (Phi) is 4.86. The van der Waals surface area contributed by atoms with Crippen LogP contribution in [0.3, 0.4) is 0 Å². The number of hydrogen-bond donors (Lipinski definition) is 2. The minimum atomic E-state index is -0.418.